The fraction of sp³-hybridized carbons (Fsp3) is 0.500. The highest BCUT2D eigenvalue weighted by molar-refractivity contribution is 7.84. The van der Waals surface area contributed by atoms with Crippen LogP contribution >= 0.6 is 0 Å². The molecule has 3 aromatic rings. The lowest BCUT2D eigenvalue weighted by Gasteiger charge is -2.17. The first-order valence-electron chi connectivity index (χ1n) is 11.9. The highest BCUT2D eigenvalue weighted by Gasteiger charge is 2.37. The molecule has 1 aliphatic rings. The second kappa shape index (κ2) is 11.1. The number of aliphatic hydroxyl groups is 1. The third kappa shape index (κ3) is 6.24. The van der Waals surface area contributed by atoms with Crippen LogP contribution in [0.5, 0.6) is 0 Å². The van der Waals surface area contributed by atoms with Gasteiger partial charge in [-0.3, -0.25) is 9.08 Å². The quantitative estimate of drug-likeness (QED) is 0.406. The number of ether oxygens (including phenoxy) is 1. The molecule has 0 saturated carbocycles. The molecule has 3 heterocycles. The van der Waals surface area contributed by atoms with Gasteiger partial charge in [-0.15, -0.1) is 0 Å². The van der Waals surface area contributed by atoms with E-state index in [0.29, 0.717) is 0 Å². The van der Waals surface area contributed by atoms with Gasteiger partial charge in [-0.1, -0.05) is 44.2 Å². The van der Waals surface area contributed by atoms with Crippen molar-refractivity contribution in [1.29, 1.82) is 0 Å². The van der Waals surface area contributed by atoms with E-state index >= 15 is 0 Å². The molecule has 2 aromatic heterocycles. The van der Waals surface area contributed by atoms with Gasteiger partial charge in [0.15, 0.2) is 0 Å². The van der Waals surface area contributed by atoms with E-state index in [9.17, 15) is 13.5 Å². The lowest BCUT2D eigenvalue weighted by molar-refractivity contribution is -0.0369. The first-order chi connectivity index (χ1) is 16.8. The second-order valence-corrected chi connectivity index (χ2v) is 9.96. The Balaban J connectivity index is 1.66. The highest BCUT2D eigenvalue weighted by atomic mass is 32.2. The summed E-state index contributed by atoms with van der Waals surface area (Å²) in [6.07, 6.45) is 3.23. The van der Waals surface area contributed by atoms with Crippen molar-refractivity contribution in [3.8, 4) is 0 Å². The minimum atomic E-state index is -4.13. The van der Waals surface area contributed by atoms with Crippen molar-refractivity contribution in [2.75, 3.05) is 19.7 Å². The largest absolute Gasteiger partial charge is 0.390 e. The molecule has 4 rings (SSSR count). The molecular formula is C24H33N5O5S. The van der Waals surface area contributed by atoms with Gasteiger partial charge in [0.2, 0.25) is 0 Å². The maximum absolute atomic E-state index is 11.2. The predicted molar refractivity (Wildman–Crippen MR) is 132 cm³/mol. The molecule has 10 nitrogen and oxygen atoms in total. The number of nitrogens with two attached hydrogens (primary N) is 1. The van der Waals surface area contributed by atoms with Crippen LogP contribution in [0, 0.1) is 0 Å². The molecule has 0 radical (unpaired) electrons. The summed E-state index contributed by atoms with van der Waals surface area (Å²) in [7, 11) is -4.13. The third-order valence-corrected chi connectivity index (χ3v) is 6.92. The Morgan fingerprint density at radius 3 is 2.63 bits per heavy atom. The summed E-state index contributed by atoms with van der Waals surface area (Å²) in [5.41, 5.74) is 4.03. The van der Waals surface area contributed by atoms with Crippen molar-refractivity contribution < 1.29 is 22.4 Å². The van der Waals surface area contributed by atoms with E-state index in [-0.39, 0.29) is 13.0 Å². The molecule has 11 heteroatoms. The van der Waals surface area contributed by atoms with Crippen LogP contribution in [-0.4, -0.2) is 64.9 Å². The average Bonchev–Trinajstić information content (AvgIpc) is 3.40. The lowest BCUT2D eigenvalue weighted by atomic mass is 10.0. The van der Waals surface area contributed by atoms with Crippen molar-refractivity contribution in [2.45, 2.75) is 58.1 Å². The number of hydrogen-bond acceptors (Lipinski definition) is 8. The van der Waals surface area contributed by atoms with E-state index in [1.807, 2.05) is 29.0 Å². The van der Waals surface area contributed by atoms with Crippen molar-refractivity contribution in [2.24, 2.45) is 5.14 Å². The normalized spacial score (nSPS) is 20.8. The van der Waals surface area contributed by atoms with Gasteiger partial charge >= 0.3 is 10.3 Å². The molecule has 35 heavy (non-hydrogen) atoms. The first-order valence-corrected chi connectivity index (χ1v) is 13.4. The van der Waals surface area contributed by atoms with Crippen molar-refractivity contribution in [1.82, 2.24) is 19.4 Å². The van der Waals surface area contributed by atoms with Gasteiger partial charge in [-0.05, 0) is 37.1 Å². The minimum absolute atomic E-state index is 0.274. The van der Waals surface area contributed by atoms with Gasteiger partial charge < -0.3 is 14.4 Å². The van der Waals surface area contributed by atoms with E-state index < -0.39 is 28.7 Å². The Hall–Kier alpha value is -2.41. The summed E-state index contributed by atoms with van der Waals surface area (Å²) in [4.78, 5) is 11.5. The number of aryl methyl sites for hydroxylation is 2. The van der Waals surface area contributed by atoms with Crippen LogP contribution in [-0.2, 0) is 38.6 Å². The molecule has 1 saturated heterocycles. The fourth-order valence-electron chi connectivity index (χ4n) is 4.55. The van der Waals surface area contributed by atoms with E-state index in [4.69, 9.17) is 9.88 Å². The Bertz CT molecular complexity index is 1230. The monoisotopic (exact) mass is 503 g/mol. The molecular weight excluding hydrogens is 470 g/mol. The van der Waals surface area contributed by atoms with Gasteiger partial charge in [0, 0.05) is 24.5 Å². The Kier molecular flexibility index (Phi) is 8.15. The fourth-order valence-corrected chi connectivity index (χ4v) is 4.88. The van der Waals surface area contributed by atoms with E-state index in [0.717, 1.165) is 54.8 Å². The van der Waals surface area contributed by atoms with Crippen LogP contribution < -0.4 is 5.14 Å². The summed E-state index contributed by atoms with van der Waals surface area (Å²) in [5, 5.41) is 16.4. The molecule has 1 fully saturated rings. The number of aromatic nitrogens is 3. The molecule has 1 aromatic carbocycles. The van der Waals surface area contributed by atoms with E-state index in [2.05, 4.69) is 45.0 Å². The highest BCUT2D eigenvalue weighted by Crippen LogP contribution is 2.34. The molecule has 0 bridgehead atoms. The summed E-state index contributed by atoms with van der Waals surface area (Å²) >= 11 is 0. The van der Waals surface area contributed by atoms with Gasteiger partial charge in [-0.25, -0.2) is 15.1 Å². The molecule has 1 aliphatic heterocycles. The number of hydrogen-bond donors (Lipinski definition) is 2. The predicted octanol–water partition coefficient (Wildman–Crippen LogP) is 1.93. The molecule has 0 spiro atoms. The average molecular weight is 504 g/mol. The van der Waals surface area contributed by atoms with Crippen LogP contribution in [0.2, 0.25) is 0 Å². The maximum atomic E-state index is 11.2. The Morgan fingerprint density at radius 2 is 1.94 bits per heavy atom. The number of fused-ring (bicyclic) bond motifs is 1. The zero-order valence-corrected chi connectivity index (χ0v) is 20.9. The number of aliphatic hydroxyl groups excluding tert-OH is 1. The molecule has 0 unspecified atom stereocenters. The summed E-state index contributed by atoms with van der Waals surface area (Å²) in [5.74, 6) is 0. The van der Waals surface area contributed by atoms with Crippen molar-refractivity contribution in [3.05, 3.63) is 59.7 Å². The number of benzene rings is 1. The van der Waals surface area contributed by atoms with Gasteiger partial charge in [0.1, 0.15) is 24.3 Å². The molecule has 3 N–H and O–H groups in total. The molecule has 190 valence electrons. The summed E-state index contributed by atoms with van der Waals surface area (Å²) < 4.78 is 34.9. The second-order valence-electron chi connectivity index (χ2n) is 8.74. The van der Waals surface area contributed by atoms with Crippen LogP contribution in [0.4, 0.5) is 0 Å². The van der Waals surface area contributed by atoms with Gasteiger partial charge in [0.05, 0.1) is 18.4 Å². The topological polar surface area (TPSA) is 133 Å². The smallest absolute Gasteiger partial charge is 0.333 e. The van der Waals surface area contributed by atoms with Crippen LogP contribution in [0.15, 0.2) is 42.9 Å². The zero-order valence-electron chi connectivity index (χ0n) is 20.1. The zero-order chi connectivity index (χ0) is 25.0. The lowest BCUT2D eigenvalue weighted by Crippen LogP contribution is -2.30. The van der Waals surface area contributed by atoms with E-state index in [1.165, 1.54) is 5.56 Å². The van der Waals surface area contributed by atoms with Crippen molar-refractivity contribution >= 4 is 21.3 Å². The van der Waals surface area contributed by atoms with Gasteiger partial charge in [-0.2, -0.15) is 8.42 Å². The minimum Gasteiger partial charge on any atom is -0.390 e. The van der Waals surface area contributed by atoms with Crippen LogP contribution in [0.25, 0.3) is 11.0 Å². The summed E-state index contributed by atoms with van der Waals surface area (Å²) in [6.45, 7) is 6.45. The van der Waals surface area contributed by atoms with Gasteiger partial charge in [0.25, 0.3) is 0 Å². The third-order valence-electron chi connectivity index (χ3n) is 6.46. The van der Waals surface area contributed by atoms with Crippen LogP contribution in [0.3, 0.4) is 0 Å². The summed E-state index contributed by atoms with van der Waals surface area (Å²) in [6, 6.07) is 10.3. The molecule has 0 aliphatic carbocycles. The van der Waals surface area contributed by atoms with Crippen molar-refractivity contribution in [3.63, 3.8) is 0 Å². The Labute approximate surface area is 205 Å². The standard InChI is InChI=1S/C24H33N5O5S/c1-3-28(4-2)13-18-14-29(22-12-20(30)21(34-22)15-33-35(25,31)32)24-23(18)19(26-16-27-24)11-10-17-8-6-5-7-9-17/h5-9,14,16,20-22,30H,3-4,10-13,15H2,1-2H3,(H2,25,31,32)/t20-,21+,22+/m0/s1. The SMILES string of the molecule is CCN(CC)Cc1cn([C@H]2C[C@H](O)[C@@H](COS(N)(=O)=O)O2)c2ncnc(CCc3ccccc3)c12. The van der Waals surface area contributed by atoms with Crippen LogP contribution in [0.1, 0.15) is 43.3 Å². The molecule has 3 atom stereocenters. The van der Waals surface area contributed by atoms with E-state index in [1.54, 1.807) is 6.33 Å². The maximum Gasteiger partial charge on any atom is 0.333 e. The first kappa shape index (κ1) is 25.7. The number of rotatable bonds is 11. The molecule has 0 amide bonds. The number of nitrogens with zero attached hydrogens (tertiary/aromatic N) is 4. The Morgan fingerprint density at radius 1 is 1.20 bits per heavy atom.